The summed E-state index contributed by atoms with van der Waals surface area (Å²) in [7, 11) is 0. The van der Waals surface area contributed by atoms with Gasteiger partial charge in [-0.2, -0.15) is 0 Å². The molecule has 0 bridgehead atoms. The molecule has 1 rings (SSSR count). The van der Waals surface area contributed by atoms with Gasteiger partial charge in [0.25, 0.3) is 0 Å². The number of carbonyl (C=O) groups excluding carboxylic acids is 1. The number of aryl methyl sites for hydroxylation is 1. The molecule has 0 fully saturated rings. The lowest BCUT2D eigenvalue weighted by Crippen LogP contribution is -1.95. The van der Waals surface area contributed by atoms with Crippen LogP contribution in [0.25, 0.3) is 0 Å². The maximum atomic E-state index is 10.6. The molecule has 0 aromatic heterocycles. The molecular formula is C11H13O. The molecule has 0 aliphatic heterocycles. The number of benzene rings is 1. The fourth-order valence-corrected chi connectivity index (χ4v) is 1.26. The number of rotatable bonds is 2. The van der Waals surface area contributed by atoms with Gasteiger partial charge in [-0.1, -0.05) is 31.5 Å². The predicted molar refractivity (Wildman–Crippen MR) is 50.1 cm³/mol. The fraction of sp³-hybridized carbons (Fsp3) is 0.364. The molecule has 63 valence electrons. The Labute approximate surface area is 73.4 Å². The van der Waals surface area contributed by atoms with Crippen molar-refractivity contribution in [2.24, 2.45) is 0 Å². The van der Waals surface area contributed by atoms with Crippen molar-refractivity contribution in [2.75, 3.05) is 0 Å². The molecule has 0 amide bonds. The van der Waals surface area contributed by atoms with Gasteiger partial charge in [0.2, 0.25) is 6.29 Å². The van der Waals surface area contributed by atoms with E-state index in [0.29, 0.717) is 11.5 Å². The van der Waals surface area contributed by atoms with Crippen LogP contribution < -0.4 is 0 Å². The van der Waals surface area contributed by atoms with Crippen LogP contribution in [0, 0.1) is 6.92 Å². The molecule has 0 saturated heterocycles. The Morgan fingerprint density at radius 1 is 1.33 bits per heavy atom. The van der Waals surface area contributed by atoms with Gasteiger partial charge in [-0.15, -0.1) is 0 Å². The third kappa shape index (κ3) is 1.73. The van der Waals surface area contributed by atoms with Crippen molar-refractivity contribution >= 4 is 6.29 Å². The first-order valence-electron chi connectivity index (χ1n) is 4.14. The Kier molecular flexibility index (Phi) is 2.64. The monoisotopic (exact) mass is 161 g/mol. The standard InChI is InChI=1S/C11H13O/c1-8(2)11-5-4-9(3)6-10(11)7-12/h4-6,8H,1-3H3. The Balaban J connectivity index is 3.20. The average Bonchev–Trinajstić information content (AvgIpc) is 2.03. The van der Waals surface area contributed by atoms with Crippen LogP contribution in [0.15, 0.2) is 18.2 Å². The molecule has 0 atom stereocenters. The Morgan fingerprint density at radius 3 is 2.50 bits per heavy atom. The smallest absolute Gasteiger partial charge is 0.233 e. The second kappa shape index (κ2) is 3.53. The van der Waals surface area contributed by atoms with Gasteiger partial charge in [0, 0.05) is 5.56 Å². The van der Waals surface area contributed by atoms with E-state index in [-0.39, 0.29) is 0 Å². The number of hydrogen-bond acceptors (Lipinski definition) is 1. The van der Waals surface area contributed by atoms with Crippen LogP contribution in [0.4, 0.5) is 0 Å². The van der Waals surface area contributed by atoms with Crippen LogP contribution in [0.2, 0.25) is 0 Å². The summed E-state index contributed by atoms with van der Waals surface area (Å²) in [6.07, 6.45) is 1.97. The normalized spacial score (nSPS) is 10.3. The van der Waals surface area contributed by atoms with Gasteiger partial charge in [0.05, 0.1) is 0 Å². The zero-order chi connectivity index (χ0) is 9.14. The summed E-state index contributed by atoms with van der Waals surface area (Å²) in [5, 5.41) is 0. The molecule has 12 heavy (non-hydrogen) atoms. The van der Waals surface area contributed by atoms with Crippen molar-refractivity contribution < 1.29 is 4.79 Å². The van der Waals surface area contributed by atoms with Crippen molar-refractivity contribution in [3.05, 3.63) is 34.9 Å². The molecule has 1 heteroatoms. The molecular weight excluding hydrogens is 148 g/mol. The maximum Gasteiger partial charge on any atom is 0.233 e. The van der Waals surface area contributed by atoms with Gasteiger partial charge in [0.15, 0.2) is 0 Å². The highest BCUT2D eigenvalue weighted by molar-refractivity contribution is 5.78. The van der Waals surface area contributed by atoms with Crippen molar-refractivity contribution in [3.63, 3.8) is 0 Å². The SMILES string of the molecule is Cc1ccc(C(C)C)c([C]=O)c1. The van der Waals surface area contributed by atoms with Crippen molar-refractivity contribution in [1.82, 2.24) is 0 Å². The summed E-state index contributed by atoms with van der Waals surface area (Å²) in [4.78, 5) is 10.6. The topological polar surface area (TPSA) is 17.1 Å². The Hall–Kier alpha value is -1.11. The Bertz CT molecular complexity index is 287. The molecule has 0 saturated carbocycles. The van der Waals surface area contributed by atoms with Crippen LogP contribution in [0.5, 0.6) is 0 Å². The highest BCUT2D eigenvalue weighted by Gasteiger charge is 2.05. The van der Waals surface area contributed by atoms with E-state index in [9.17, 15) is 4.79 Å². The van der Waals surface area contributed by atoms with E-state index in [2.05, 4.69) is 13.8 Å². The van der Waals surface area contributed by atoms with E-state index < -0.39 is 0 Å². The second-order valence-corrected chi connectivity index (χ2v) is 3.35. The van der Waals surface area contributed by atoms with E-state index in [4.69, 9.17) is 0 Å². The lowest BCUT2D eigenvalue weighted by Gasteiger charge is -2.07. The van der Waals surface area contributed by atoms with E-state index in [0.717, 1.165) is 11.1 Å². The van der Waals surface area contributed by atoms with Gasteiger partial charge >= 0.3 is 0 Å². The van der Waals surface area contributed by atoms with Crippen LogP contribution in [0.1, 0.15) is 36.5 Å². The zero-order valence-corrected chi connectivity index (χ0v) is 7.72. The highest BCUT2D eigenvalue weighted by Crippen LogP contribution is 2.18. The molecule has 0 heterocycles. The van der Waals surface area contributed by atoms with Gasteiger partial charge in [-0.05, 0) is 24.5 Å². The molecule has 0 aliphatic carbocycles. The van der Waals surface area contributed by atoms with E-state index in [1.54, 1.807) is 0 Å². The fourth-order valence-electron chi connectivity index (χ4n) is 1.26. The molecule has 1 nitrogen and oxygen atoms in total. The highest BCUT2D eigenvalue weighted by atomic mass is 16.1. The van der Waals surface area contributed by atoms with Gasteiger partial charge < -0.3 is 0 Å². The first kappa shape index (κ1) is 8.98. The largest absolute Gasteiger partial charge is 0.285 e. The molecule has 1 radical (unpaired) electrons. The maximum absolute atomic E-state index is 10.6. The molecule has 0 spiro atoms. The lowest BCUT2D eigenvalue weighted by atomic mass is 9.96. The van der Waals surface area contributed by atoms with Gasteiger partial charge in [-0.25, -0.2) is 0 Å². The van der Waals surface area contributed by atoms with Crippen LogP contribution in [-0.2, 0) is 4.79 Å². The van der Waals surface area contributed by atoms with Gasteiger partial charge in [0.1, 0.15) is 0 Å². The zero-order valence-electron chi connectivity index (χ0n) is 7.72. The summed E-state index contributed by atoms with van der Waals surface area (Å²) < 4.78 is 0. The van der Waals surface area contributed by atoms with Crippen molar-refractivity contribution in [3.8, 4) is 0 Å². The molecule has 0 unspecified atom stereocenters. The molecule has 0 aliphatic rings. The third-order valence-corrected chi connectivity index (χ3v) is 1.94. The van der Waals surface area contributed by atoms with Gasteiger partial charge in [-0.3, -0.25) is 4.79 Å². The molecule has 1 aromatic carbocycles. The summed E-state index contributed by atoms with van der Waals surface area (Å²) in [5.74, 6) is 0.391. The molecule has 1 aromatic rings. The van der Waals surface area contributed by atoms with E-state index in [1.165, 1.54) is 0 Å². The summed E-state index contributed by atoms with van der Waals surface area (Å²) >= 11 is 0. The predicted octanol–water partition coefficient (Wildman–Crippen LogP) is 2.58. The van der Waals surface area contributed by atoms with E-state index in [1.807, 2.05) is 31.4 Å². The lowest BCUT2D eigenvalue weighted by molar-refractivity contribution is 0.562. The van der Waals surface area contributed by atoms with E-state index >= 15 is 0 Å². The summed E-state index contributed by atoms with van der Waals surface area (Å²) in [5.41, 5.74) is 2.89. The first-order valence-corrected chi connectivity index (χ1v) is 4.14. The average molecular weight is 161 g/mol. The minimum Gasteiger partial charge on any atom is -0.285 e. The minimum absolute atomic E-state index is 0.391. The molecule has 0 N–H and O–H groups in total. The minimum atomic E-state index is 0.391. The number of hydrogen-bond donors (Lipinski definition) is 0. The third-order valence-electron chi connectivity index (χ3n) is 1.94. The quantitative estimate of drug-likeness (QED) is 0.651. The Morgan fingerprint density at radius 2 is 2.00 bits per heavy atom. The second-order valence-electron chi connectivity index (χ2n) is 3.35. The van der Waals surface area contributed by atoms with Crippen molar-refractivity contribution in [1.29, 1.82) is 0 Å². The van der Waals surface area contributed by atoms with Crippen molar-refractivity contribution in [2.45, 2.75) is 26.7 Å². The van der Waals surface area contributed by atoms with Crippen LogP contribution >= 0.6 is 0 Å². The summed E-state index contributed by atoms with van der Waals surface area (Å²) in [6, 6.07) is 5.90. The van der Waals surface area contributed by atoms with Crippen LogP contribution in [0.3, 0.4) is 0 Å². The van der Waals surface area contributed by atoms with Crippen LogP contribution in [-0.4, -0.2) is 6.29 Å². The summed E-state index contributed by atoms with van der Waals surface area (Å²) in [6.45, 7) is 6.13. The first-order chi connectivity index (χ1) is 5.65.